The maximum absolute atomic E-state index is 5.37. The second kappa shape index (κ2) is 17.3. The van der Waals surface area contributed by atoms with Crippen LogP contribution >= 0.6 is 0 Å². The van der Waals surface area contributed by atoms with Gasteiger partial charge in [0.2, 0.25) is 0 Å². The highest BCUT2D eigenvalue weighted by molar-refractivity contribution is 6.07. The van der Waals surface area contributed by atoms with Gasteiger partial charge in [-0.2, -0.15) is 0 Å². The van der Waals surface area contributed by atoms with E-state index in [0.29, 0.717) is 11.8 Å². The first-order valence-corrected chi connectivity index (χ1v) is 23.0. The molecule has 5 atom stereocenters. The van der Waals surface area contributed by atoms with Crippen LogP contribution in [0.15, 0.2) is 153 Å². The molecule has 0 bridgehead atoms. The SMILES string of the molecule is C1=CCC(C2=CCC(c3nc(C4=CC=C(C5=CCCC=C5)CC4)nc(C4CC=C(C5CC(C6=CCCCC6)=CN=C5C5=CCC6CCCCC6=C5)CC4)n3)C=C2)C=C1. The predicted molar refractivity (Wildman–Crippen MR) is 240 cm³/mol. The highest BCUT2D eigenvalue weighted by Gasteiger charge is 2.33. The van der Waals surface area contributed by atoms with Crippen LogP contribution < -0.4 is 0 Å². The Balaban J connectivity index is 0.935. The molecule has 4 heteroatoms. The Hall–Kier alpha value is -4.70. The molecule has 10 rings (SSSR count). The van der Waals surface area contributed by atoms with E-state index >= 15 is 0 Å². The van der Waals surface area contributed by atoms with Gasteiger partial charge in [-0.3, -0.25) is 4.99 Å². The second-order valence-corrected chi connectivity index (χ2v) is 18.2. The van der Waals surface area contributed by atoms with E-state index in [2.05, 4.69) is 103 Å². The van der Waals surface area contributed by atoms with E-state index < -0.39 is 0 Å². The number of aromatic nitrogens is 3. The van der Waals surface area contributed by atoms with Crippen LogP contribution in [0, 0.1) is 17.8 Å². The largest absolute Gasteiger partial charge is 0.260 e. The van der Waals surface area contributed by atoms with Crippen molar-refractivity contribution in [1.29, 1.82) is 0 Å². The summed E-state index contributed by atoms with van der Waals surface area (Å²) in [6.07, 6.45) is 62.2. The summed E-state index contributed by atoms with van der Waals surface area (Å²) in [6.45, 7) is 0. The summed E-state index contributed by atoms with van der Waals surface area (Å²) in [4.78, 5) is 21.4. The summed E-state index contributed by atoms with van der Waals surface area (Å²) < 4.78 is 0. The van der Waals surface area contributed by atoms with Crippen molar-refractivity contribution in [2.45, 2.75) is 134 Å². The minimum Gasteiger partial charge on any atom is -0.260 e. The summed E-state index contributed by atoms with van der Waals surface area (Å²) in [7, 11) is 0. The number of rotatable bonds is 8. The second-order valence-electron chi connectivity index (χ2n) is 18.2. The van der Waals surface area contributed by atoms with E-state index in [1.165, 1.54) is 96.9 Å². The van der Waals surface area contributed by atoms with E-state index in [4.69, 9.17) is 19.9 Å². The molecule has 1 aromatic heterocycles. The van der Waals surface area contributed by atoms with Gasteiger partial charge in [-0.15, -0.1) is 0 Å². The van der Waals surface area contributed by atoms with Gasteiger partial charge in [-0.25, -0.2) is 15.0 Å². The van der Waals surface area contributed by atoms with Crippen molar-refractivity contribution in [3.63, 3.8) is 0 Å². The van der Waals surface area contributed by atoms with Crippen molar-refractivity contribution >= 4 is 11.3 Å². The molecule has 0 radical (unpaired) electrons. The van der Waals surface area contributed by atoms with Crippen molar-refractivity contribution in [2.24, 2.45) is 22.7 Å². The first-order chi connectivity index (χ1) is 28.7. The van der Waals surface area contributed by atoms with E-state index in [-0.39, 0.29) is 11.8 Å². The Morgan fingerprint density at radius 1 is 0.534 bits per heavy atom. The molecule has 9 aliphatic rings. The van der Waals surface area contributed by atoms with Gasteiger partial charge < -0.3 is 0 Å². The quantitative estimate of drug-likeness (QED) is 0.248. The highest BCUT2D eigenvalue weighted by atomic mass is 15.0. The third-order valence-electron chi connectivity index (χ3n) is 14.5. The summed E-state index contributed by atoms with van der Waals surface area (Å²) in [5.41, 5.74) is 14.5. The Morgan fingerprint density at radius 2 is 1.45 bits per heavy atom. The Morgan fingerprint density at radius 3 is 2.24 bits per heavy atom. The number of allylic oxidation sites excluding steroid dienone is 25. The van der Waals surface area contributed by atoms with Crippen molar-refractivity contribution in [2.75, 3.05) is 0 Å². The molecule has 1 fully saturated rings. The summed E-state index contributed by atoms with van der Waals surface area (Å²) in [5.74, 6) is 4.83. The minimum absolute atomic E-state index is 0.164. The maximum Gasteiger partial charge on any atom is 0.159 e. The lowest BCUT2D eigenvalue weighted by molar-refractivity contribution is 0.452. The predicted octanol–water partition coefficient (Wildman–Crippen LogP) is 13.8. The zero-order valence-corrected chi connectivity index (χ0v) is 34.4. The van der Waals surface area contributed by atoms with Crippen LogP contribution in [0.2, 0.25) is 0 Å². The number of fused-ring (bicyclic) bond motifs is 1. The molecule has 2 heterocycles. The van der Waals surface area contributed by atoms with Gasteiger partial charge >= 0.3 is 0 Å². The van der Waals surface area contributed by atoms with Crippen molar-refractivity contribution in [3.8, 4) is 0 Å². The molecule has 0 amide bonds. The smallest absolute Gasteiger partial charge is 0.159 e. The molecule has 4 nitrogen and oxygen atoms in total. The normalized spacial score (nSPS) is 29.7. The topological polar surface area (TPSA) is 51.0 Å². The average molecular weight is 765 g/mol. The molecular formula is C54H60N4. The van der Waals surface area contributed by atoms with Gasteiger partial charge in [0, 0.05) is 29.9 Å². The summed E-state index contributed by atoms with van der Waals surface area (Å²) in [6, 6.07) is 0. The van der Waals surface area contributed by atoms with Crippen LogP contribution in [0.3, 0.4) is 0 Å². The lowest BCUT2D eigenvalue weighted by atomic mass is 9.72. The zero-order valence-electron chi connectivity index (χ0n) is 34.4. The van der Waals surface area contributed by atoms with E-state index in [1.54, 1.807) is 16.7 Å². The van der Waals surface area contributed by atoms with Gasteiger partial charge in [0.15, 0.2) is 5.82 Å². The molecule has 0 saturated heterocycles. The van der Waals surface area contributed by atoms with Gasteiger partial charge in [-0.05, 0) is 161 Å². The highest BCUT2D eigenvalue weighted by Crippen LogP contribution is 2.44. The molecule has 0 aromatic carbocycles. The first kappa shape index (κ1) is 37.6. The van der Waals surface area contributed by atoms with Gasteiger partial charge in [-0.1, -0.05) is 115 Å². The van der Waals surface area contributed by atoms with E-state index in [0.717, 1.165) is 87.6 Å². The van der Waals surface area contributed by atoms with Crippen LogP contribution in [0.4, 0.5) is 0 Å². The molecule has 1 saturated carbocycles. The van der Waals surface area contributed by atoms with Crippen LogP contribution in [-0.2, 0) is 0 Å². The molecule has 1 aromatic rings. The fourth-order valence-electron chi connectivity index (χ4n) is 11.0. The fourth-order valence-corrected chi connectivity index (χ4v) is 11.0. The van der Waals surface area contributed by atoms with Gasteiger partial charge in [0.05, 0.1) is 5.71 Å². The number of hydrogen-bond acceptors (Lipinski definition) is 4. The molecule has 58 heavy (non-hydrogen) atoms. The fraction of sp³-hybridized carbons (Fsp3) is 0.444. The average Bonchev–Trinajstić information content (AvgIpc) is 3.32. The van der Waals surface area contributed by atoms with Crippen LogP contribution in [0.25, 0.3) is 5.57 Å². The van der Waals surface area contributed by atoms with Crippen LogP contribution in [0.1, 0.15) is 151 Å². The molecular weight excluding hydrogens is 705 g/mol. The van der Waals surface area contributed by atoms with Crippen molar-refractivity contribution in [1.82, 2.24) is 15.0 Å². The summed E-state index contributed by atoms with van der Waals surface area (Å²) in [5, 5.41) is 0. The third-order valence-corrected chi connectivity index (χ3v) is 14.5. The van der Waals surface area contributed by atoms with Gasteiger partial charge in [0.25, 0.3) is 0 Å². The number of nitrogens with zero attached hydrogens (tertiary/aromatic N) is 4. The lowest BCUT2D eigenvalue weighted by Crippen LogP contribution is -2.26. The molecule has 296 valence electrons. The molecule has 0 spiro atoms. The molecule has 8 aliphatic carbocycles. The Labute approximate surface area is 347 Å². The van der Waals surface area contributed by atoms with Crippen molar-refractivity contribution < 1.29 is 0 Å². The van der Waals surface area contributed by atoms with Crippen LogP contribution in [-0.4, -0.2) is 20.7 Å². The molecule has 5 unspecified atom stereocenters. The molecule has 1 aliphatic heterocycles. The third kappa shape index (κ3) is 8.14. The Kier molecular flexibility index (Phi) is 11.2. The van der Waals surface area contributed by atoms with Gasteiger partial charge in [0.1, 0.15) is 11.6 Å². The van der Waals surface area contributed by atoms with Crippen LogP contribution in [0.5, 0.6) is 0 Å². The number of aliphatic imine (C=N–C) groups is 1. The van der Waals surface area contributed by atoms with E-state index in [9.17, 15) is 0 Å². The number of hydrogen-bond donors (Lipinski definition) is 0. The summed E-state index contributed by atoms with van der Waals surface area (Å²) >= 11 is 0. The monoisotopic (exact) mass is 764 g/mol. The molecule has 0 N–H and O–H groups in total. The lowest BCUT2D eigenvalue weighted by Gasteiger charge is -2.34. The zero-order chi connectivity index (χ0) is 38.7. The standard InChI is InChI=1S/C54H60N4/c1-4-12-37(13-5-1)41-20-27-44(28-21-41)52-56-53(45-29-22-42(23-30-45)38-14-6-2-7-15-38)58-54(57-52)46-31-25-43(26-32-46)50-35-49(39-16-8-3-9-17-39)36-55-51(50)48-33-24-40-18-10-11-19-47(40)34-48/h1,4-6,12,14-16,20-22,25,27,29,33-34,36-37,40,44,46,50H,2-3,7-11,13,17-19,23-24,26,28,30-32,35H2. The minimum atomic E-state index is 0.164. The first-order valence-electron chi connectivity index (χ1n) is 23.0. The Bertz CT molecular complexity index is 2250. The van der Waals surface area contributed by atoms with Crippen molar-refractivity contribution in [3.05, 3.63) is 165 Å². The maximum atomic E-state index is 5.37. The van der Waals surface area contributed by atoms with E-state index in [1.807, 2.05) is 0 Å².